The van der Waals surface area contributed by atoms with Crippen molar-refractivity contribution in [3.8, 4) is 0 Å². The standard InChI is InChI=1S/C14H19NO5/c1-3-20-13(18)8-12(17)14(19)10-5-4-6-11(7-10)15-9(2)16/h4-7,12,14,17,19H,3,8H2,1-2H3,(H,15,16). The van der Waals surface area contributed by atoms with Crippen LogP contribution < -0.4 is 5.32 Å². The summed E-state index contributed by atoms with van der Waals surface area (Å²) in [4.78, 5) is 22.2. The van der Waals surface area contributed by atoms with E-state index in [2.05, 4.69) is 5.32 Å². The second-order valence-electron chi connectivity index (χ2n) is 4.33. The highest BCUT2D eigenvalue weighted by atomic mass is 16.5. The Labute approximate surface area is 117 Å². The lowest BCUT2D eigenvalue weighted by atomic mass is 10.0. The van der Waals surface area contributed by atoms with Crippen LogP contribution in [0.1, 0.15) is 31.9 Å². The van der Waals surface area contributed by atoms with Gasteiger partial charge >= 0.3 is 5.97 Å². The van der Waals surface area contributed by atoms with Crippen LogP contribution in [0.3, 0.4) is 0 Å². The quantitative estimate of drug-likeness (QED) is 0.676. The summed E-state index contributed by atoms with van der Waals surface area (Å²) in [5, 5.41) is 22.4. The fraction of sp³-hybridized carbons (Fsp3) is 0.429. The topological polar surface area (TPSA) is 95.9 Å². The molecule has 0 aliphatic carbocycles. The maximum atomic E-state index is 11.3. The Morgan fingerprint density at radius 2 is 2.05 bits per heavy atom. The van der Waals surface area contributed by atoms with Crippen LogP contribution >= 0.6 is 0 Å². The Balaban J connectivity index is 2.73. The third-order valence-corrected chi connectivity index (χ3v) is 2.59. The van der Waals surface area contributed by atoms with Crippen LogP contribution in [0.2, 0.25) is 0 Å². The third kappa shape index (κ3) is 4.99. The van der Waals surface area contributed by atoms with Gasteiger partial charge in [0.15, 0.2) is 0 Å². The Hall–Kier alpha value is -1.92. The first-order valence-electron chi connectivity index (χ1n) is 6.33. The molecule has 2 unspecified atom stereocenters. The van der Waals surface area contributed by atoms with Gasteiger partial charge in [-0.05, 0) is 24.6 Å². The van der Waals surface area contributed by atoms with Crippen LogP contribution in [0.5, 0.6) is 0 Å². The predicted molar refractivity (Wildman–Crippen MR) is 73.0 cm³/mol. The van der Waals surface area contributed by atoms with E-state index in [1.807, 2.05) is 0 Å². The minimum Gasteiger partial charge on any atom is -0.466 e. The third-order valence-electron chi connectivity index (χ3n) is 2.59. The zero-order valence-electron chi connectivity index (χ0n) is 11.5. The summed E-state index contributed by atoms with van der Waals surface area (Å²) in [7, 11) is 0. The molecule has 0 saturated carbocycles. The molecule has 1 aromatic carbocycles. The van der Waals surface area contributed by atoms with E-state index in [1.54, 1.807) is 31.2 Å². The second kappa shape index (κ2) is 7.62. The number of hydrogen-bond acceptors (Lipinski definition) is 5. The molecule has 6 nitrogen and oxygen atoms in total. The van der Waals surface area contributed by atoms with Gasteiger partial charge in [-0.3, -0.25) is 9.59 Å². The highest BCUT2D eigenvalue weighted by molar-refractivity contribution is 5.88. The van der Waals surface area contributed by atoms with Crippen molar-refractivity contribution >= 4 is 17.6 Å². The van der Waals surface area contributed by atoms with E-state index in [1.165, 1.54) is 6.92 Å². The van der Waals surface area contributed by atoms with Gasteiger partial charge < -0.3 is 20.3 Å². The molecule has 3 N–H and O–H groups in total. The highest BCUT2D eigenvalue weighted by Crippen LogP contribution is 2.22. The number of esters is 1. The number of benzene rings is 1. The summed E-state index contributed by atoms with van der Waals surface area (Å²) in [6.07, 6.45) is -2.78. The molecule has 1 rings (SSSR count). The first kappa shape index (κ1) is 16.1. The van der Waals surface area contributed by atoms with E-state index in [0.29, 0.717) is 11.3 Å². The van der Waals surface area contributed by atoms with Gasteiger partial charge in [-0.25, -0.2) is 0 Å². The van der Waals surface area contributed by atoms with Gasteiger partial charge in [0.05, 0.1) is 19.1 Å². The molecular weight excluding hydrogens is 262 g/mol. The molecule has 0 aliphatic rings. The number of ether oxygens (including phenoxy) is 1. The lowest BCUT2D eigenvalue weighted by molar-refractivity contribution is -0.147. The molecule has 6 heteroatoms. The lowest BCUT2D eigenvalue weighted by Gasteiger charge is -2.18. The maximum absolute atomic E-state index is 11.3. The van der Waals surface area contributed by atoms with E-state index >= 15 is 0 Å². The molecule has 0 bridgehead atoms. The van der Waals surface area contributed by atoms with Crippen LogP contribution in [0.4, 0.5) is 5.69 Å². The second-order valence-corrected chi connectivity index (χ2v) is 4.33. The van der Waals surface area contributed by atoms with Crippen molar-refractivity contribution in [1.82, 2.24) is 0 Å². The molecule has 0 radical (unpaired) electrons. The fourth-order valence-electron chi connectivity index (χ4n) is 1.73. The Kier molecular flexibility index (Phi) is 6.14. The van der Waals surface area contributed by atoms with E-state index in [9.17, 15) is 19.8 Å². The monoisotopic (exact) mass is 281 g/mol. The molecule has 0 heterocycles. The molecule has 0 fully saturated rings. The van der Waals surface area contributed by atoms with Crippen molar-refractivity contribution in [2.24, 2.45) is 0 Å². The summed E-state index contributed by atoms with van der Waals surface area (Å²) < 4.78 is 4.71. The molecule has 0 saturated heterocycles. The van der Waals surface area contributed by atoms with Crippen molar-refractivity contribution in [2.75, 3.05) is 11.9 Å². The number of rotatable bonds is 6. The van der Waals surface area contributed by atoms with Crippen LogP contribution in [-0.2, 0) is 14.3 Å². The molecule has 0 aromatic heterocycles. The molecule has 1 aromatic rings. The number of anilines is 1. The van der Waals surface area contributed by atoms with E-state index in [0.717, 1.165) is 0 Å². The largest absolute Gasteiger partial charge is 0.466 e. The number of nitrogens with one attached hydrogen (secondary N) is 1. The van der Waals surface area contributed by atoms with Crippen LogP contribution in [-0.4, -0.2) is 34.8 Å². The minimum atomic E-state index is -1.26. The molecule has 1 amide bonds. The van der Waals surface area contributed by atoms with Gasteiger partial charge in [-0.2, -0.15) is 0 Å². The van der Waals surface area contributed by atoms with Crippen LogP contribution in [0.25, 0.3) is 0 Å². The molecule has 0 aliphatic heterocycles. The number of hydrogen-bond donors (Lipinski definition) is 3. The smallest absolute Gasteiger partial charge is 0.308 e. The number of aliphatic hydroxyl groups excluding tert-OH is 2. The summed E-state index contributed by atoms with van der Waals surface area (Å²) >= 11 is 0. The number of carbonyl (C=O) groups excluding carboxylic acids is 2. The van der Waals surface area contributed by atoms with E-state index < -0.39 is 18.2 Å². The van der Waals surface area contributed by atoms with E-state index in [4.69, 9.17) is 4.74 Å². The molecule has 110 valence electrons. The van der Waals surface area contributed by atoms with Crippen molar-refractivity contribution in [2.45, 2.75) is 32.5 Å². The van der Waals surface area contributed by atoms with Crippen molar-refractivity contribution in [1.29, 1.82) is 0 Å². The number of carbonyl (C=O) groups is 2. The summed E-state index contributed by atoms with van der Waals surface area (Å²) in [5.41, 5.74) is 0.922. The zero-order chi connectivity index (χ0) is 15.1. The maximum Gasteiger partial charge on any atom is 0.308 e. The van der Waals surface area contributed by atoms with Crippen LogP contribution in [0, 0.1) is 0 Å². The summed E-state index contributed by atoms with van der Waals surface area (Å²) in [6, 6.07) is 6.45. The number of aliphatic hydroxyl groups is 2. The molecule has 0 spiro atoms. The van der Waals surface area contributed by atoms with Crippen LogP contribution in [0.15, 0.2) is 24.3 Å². The van der Waals surface area contributed by atoms with E-state index in [-0.39, 0.29) is 18.9 Å². The Morgan fingerprint density at radius 1 is 1.35 bits per heavy atom. The molecular formula is C14H19NO5. The summed E-state index contributed by atoms with van der Waals surface area (Å²) in [6.45, 7) is 3.26. The fourth-order valence-corrected chi connectivity index (χ4v) is 1.73. The van der Waals surface area contributed by atoms with Gasteiger partial charge in [0.2, 0.25) is 5.91 Å². The highest BCUT2D eigenvalue weighted by Gasteiger charge is 2.22. The van der Waals surface area contributed by atoms with Crippen molar-refractivity contribution in [3.63, 3.8) is 0 Å². The normalized spacial score (nSPS) is 13.4. The Morgan fingerprint density at radius 3 is 2.65 bits per heavy atom. The number of amides is 1. The first-order chi connectivity index (χ1) is 9.43. The average Bonchev–Trinajstić information content (AvgIpc) is 2.37. The van der Waals surface area contributed by atoms with Crippen molar-refractivity contribution in [3.05, 3.63) is 29.8 Å². The van der Waals surface area contributed by atoms with Gasteiger partial charge in [0.25, 0.3) is 0 Å². The minimum absolute atomic E-state index is 0.222. The first-order valence-corrected chi connectivity index (χ1v) is 6.33. The Bertz CT molecular complexity index is 474. The SMILES string of the molecule is CCOC(=O)CC(O)C(O)c1cccc(NC(C)=O)c1. The van der Waals surface area contributed by atoms with Gasteiger partial charge in [0, 0.05) is 12.6 Å². The molecule has 20 heavy (non-hydrogen) atoms. The lowest BCUT2D eigenvalue weighted by Crippen LogP contribution is -2.23. The average molecular weight is 281 g/mol. The van der Waals surface area contributed by atoms with Crippen molar-refractivity contribution < 1.29 is 24.5 Å². The van der Waals surface area contributed by atoms with Gasteiger partial charge in [0.1, 0.15) is 6.10 Å². The zero-order valence-corrected chi connectivity index (χ0v) is 11.5. The van der Waals surface area contributed by atoms with Gasteiger partial charge in [-0.1, -0.05) is 12.1 Å². The van der Waals surface area contributed by atoms with Gasteiger partial charge in [-0.15, -0.1) is 0 Å². The summed E-state index contributed by atoms with van der Waals surface area (Å²) in [5.74, 6) is -0.805. The molecule has 2 atom stereocenters. The predicted octanol–water partition coefficient (Wildman–Crippen LogP) is 0.992.